The molecule has 0 radical (unpaired) electrons. The van der Waals surface area contributed by atoms with Crippen LogP contribution in [0.15, 0.2) is 60.8 Å². The minimum absolute atomic E-state index is 0.00307. The van der Waals surface area contributed by atoms with Gasteiger partial charge in [0.15, 0.2) is 0 Å². The first-order valence-electron chi connectivity index (χ1n) is 14.3. The molecule has 47 heavy (non-hydrogen) atoms. The molecule has 11 nitrogen and oxygen atoms in total. The molecule has 2 aromatic carbocycles. The molecule has 0 atom stereocenters. The van der Waals surface area contributed by atoms with Gasteiger partial charge < -0.3 is 25.7 Å². The molecule has 0 fully saturated rings. The van der Waals surface area contributed by atoms with Gasteiger partial charge in [0.05, 0.1) is 22.4 Å². The Morgan fingerprint density at radius 1 is 1.00 bits per heavy atom. The van der Waals surface area contributed by atoms with Gasteiger partial charge in [-0.05, 0) is 69.3 Å². The van der Waals surface area contributed by atoms with Crippen molar-refractivity contribution in [2.75, 3.05) is 22.9 Å². The van der Waals surface area contributed by atoms with Crippen LogP contribution in [0.2, 0.25) is 0 Å². The summed E-state index contributed by atoms with van der Waals surface area (Å²) in [4.78, 5) is 48.0. The van der Waals surface area contributed by atoms with Crippen LogP contribution in [0.4, 0.5) is 40.1 Å². The second kappa shape index (κ2) is 12.5. The topological polar surface area (TPSA) is 144 Å². The SMILES string of the molecule is Cn1c(-c2nc(N)ncc2C#Cc2cccc(NC(=O)Nc3ccc(C(F)(F)F)cc3)c2)cc2c1CCN(C(=O)OC(C)(C)C)C2=O. The van der Waals surface area contributed by atoms with Crippen molar-refractivity contribution in [3.63, 3.8) is 0 Å². The van der Waals surface area contributed by atoms with E-state index < -0.39 is 35.4 Å². The Morgan fingerprint density at radius 3 is 2.38 bits per heavy atom. The molecule has 14 heteroatoms. The summed E-state index contributed by atoms with van der Waals surface area (Å²) >= 11 is 0. The predicted molar refractivity (Wildman–Crippen MR) is 168 cm³/mol. The number of hydrogen-bond donors (Lipinski definition) is 3. The van der Waals surface area contributed by atoms with Crippen molar-refractivity contribution in [3.05, 3.63) is 88.7 Å². The van der Waals surface area contributed by atoms with Gasteiger partial charge in [0, 0.05) is 48.8 Å². The Hall–Kier alpha value is -5.84. The number of nitrogens with one attached hydrogen (secondary N) is 2. The predicted octanol–water partition coefficient (Wildman–Crippen LogP) is 6.06. The van der Waals surface area contributed by atoms with Gasteiger partial charge in [-0.1, -0.05) is 17.9 Å². The number of urea groups is 1. The Labute approximate surface area is 267 Å². The number of halogens is 3. The molecule has 0 unspecified atom stereocenters. The van der Waals surface area contributed by atoms with Crippen LogP contribution in [0.5, 0.6) is 0 Å². The highest BCUT2D eigenvalue weighted by molar-refractivity contribution is 6.05. The molecule has 4 amide bonds. The Bertz CT molecular complexity index is 1930. The highest BCUT2D eigenvalue weighted by Crippen LogP contribution is 2.31. The summed E-state index contributed by atoms with van der Waals surface area (Å²) in [7, 11) is 1.78. The summed E-state index contributed by atoms with van der Waals surface area (Å²) in [5, 5.41) is 5.12. The molecule has 0 saturated heterocycles. The summed E-state index contributed by atoms with van der Waals surface area (Å²) in [5.74, 6) is 5.56. The first-order valence-corrected chi connectivity index (χ1v) is 14.3. The summed E-state index contributed by atoms with van der Waals surface area (Å²) in [6, 6.07) is 11.7. The first-order chi connectivity index (χ1) is 22.1. The van der Waals surface area contributed by atoms with Gasteiger partial charge in [0.2, 0.25) is 5.95 Å². The van der Waals surface area contributed by atoms with Crippen molar-refractivity contribution in [2.24, 2.45) is 7.05 Å². The van der Waals surface area contributed by atoms with Crippen molar-refractivity contribution in [1.82, 2.24) is 19.4 Å². The van der Waals surface area contributed by atoms with Gasteiger partial charge in [0.25, 0.3) is 5.91 Å². The number of ether oxygens (including phenoxy) is 1. The maximum absolute atomic E-state index is 13.3. The number of aromatic nitrogens is 3. The number of anilines is 3. The lowest BCUT2D eigenvalue weighted by Crippen LogP contribution is -2.44. The Kier molecular flexibility index (Phi) is 8.66. The summed E-state index contributed by atoms with van der Waals surface area (Å²) < 4.78 is 45.7. The van der Waals surface area contributed by atoms with Crippen molar-refractivity contribution >= 4 is 35.4 Å². The van der Waals surface area contributed by atoms with Crippen molar-refractivity contribution in [3.8, 4) is 23.2 Å². The molecular weight excluding hydrogens is 615 g/mol. The zero-order chi connectivity index (χ0) is 34.1. The molecule has 4 N–H and O–H groups in total. The quantitative estimate of drug-likeness (QED) is 0.230. The number of imide groups is 1. The fraction of sp³-hybridized carbons (Fsp3) is 0.242. The van der Waals surface area contributed by atoms with E-state index in [1.807, 2.05) is 4.57 Å². The van der Waals surface area contributed by atoms with Crippen LogP contribution >= 0.6 is 0 Å². The van der Waals surface area contributed by atoms with Gasteiger partial charge in [-0.25, -0.2) is 24.5 Å². The monoisotopic (exact) mass is 645 g/mol. The third-order valence-electron chi connectivity index (χ3n) is 7.00. The number of nitrogen functional groups attached to an aromatic ring is 1. The molecule has 0 saturated carbocycles. The normalized spacial score (nSPS) is 12.9. The van der Waals surface area contributed by atoms with Gasteiger partial charge in [0.1, 0.15) is 11.3 Å². The number of alkyl halides is 3. The van der Waals surface area contributed by atoms with E-state index >= 15 is 0 Å². The molecule has 1 aliphatic rings. The maximum atomic E-state index is 13.3. The average molecular weight is 646 g/mol. The van der Waals surface area contributed by atoms with Gasteiger partial charge in [-0.3, -0.25) is 4.79 Å². The molecule has 1 aliphatic heterocycles. The lowest BCUT2D eigenvalue weighted by molar-refractivity contribution is -0.137. The second-order valence-corrected chi connectivity index (χ2v) is 11.6. The number of carbonyl (C=O) groups excluding carboxylic acids is 3. The number of rotatable bonds is 3. The molecule has 0 bridgehead atoms. The highest BCUT2D eigenvalue weighted by Gasteiger charge is 2.35. The molecule has 0 aliphatic carbocycles. The van der Waals surface area contributed by atoms with Gasteiger partial charge in [-0.15, -0.1) is 0 Å². The van der Waals surface area contributed by atoms with E-state index in [4.69, 9.17) is 10.5 Å². The smallest absolute Gasteiger partial charge is 0.417 e. The number of carbonyl (C=O) groups is 3. The van der Waals surface area contributed by atoms with E-state index in [1.54, 1.807) is 58.2 Å². The number of fused-ring (bicyclic) bond motifs is 1. The van der Waals surface area contributed by atoms with Crippen molar-refractivity contribution < 1.29 is 32.3 Å². The lowest BCUT2D eigenvalue weighted by atomic mass is 10.1. The van der Waals surface area contributed by atoms with Crippen molar-refractivity contribution in [2.45, 2.75) is 39.0 Å². The van der Waals surface area contributed by atoms with E-state index in [0.29, 0.717) is 45.9 Å². The molecule has 242 valence electrons. The fourth-order valence-corrected chi connectivity index (χ4v) is 4.85. The van der Waals surface area contributed by atoms with Crippen LogP contribution in [-0.4, -0.2) is 49.6 Å². The van der Waals surface area contributed by atoms with E-state index in [-0.39, 0.29) is 18.2 Å². The molecule has 0 spiro atoms. The Morgan fingerprint density at radius 2 is 1.70 bits per heavy atom. The molecule has 3 heterocycles. The fourth-order valence-electron chi connectivity index (χ4n) is 4.85. The summed E-state index contributed by atoms with van der Waals surface area (Å²) in [5.41, 5.74) is 7.82. The van der Waals surface area contributed by atoms with Crippen LogP contribution in [0, 0.1) is 11.8 Å². The maximum Gasteiger partial charge on any atom is 0.417 e. The zero-order valence-electron chi connectivity index (χ0n) is 25.8. The number of nitrogens with zero attached hydrogens (tertiary/aromatic N) is 4. The first kappa shape index (κ1) is 32.6. The van der Waals surface area contributed by atoms with Gasteiger partial charge >= 0.3 is 18.3 Å². The van der Waals surface area contributed by atoms with E-state index in [1.165, 1.54) is 6.20 Å². The second-order valence-electron chi connectivity index (χ2n) is 11.6. The largest absolute Gasteiger partial charge is 0.443 e. The van der Waals surface area contributed by atoms with E-state index in [0.717, 1.165) is 29.2 Å². The zero-order valence-corrected chi connectivity index (χ0v) is 25.8. The van der Waals surface area contributed by atoms with Crippen LogP contribution in [0.25, 0.3) is 11.4 Å². The molecule has 5 rings (SSSR count). The lowest BCUT2D eigenvalue weighted by Gasteiger charge is -2.28. The molecular formula is C33H30F3N7O4. The number of amides is 4. The minimum atomic E-state index is -4.48. The third kappa shape index (κ3) is 7.52. The minimum Gasteiger partial charge on any atom is -0.443 e. The van der Waals surface area contributed by atoms with Crippen LogP contribution < -0.4 is 16.4 Å². The number of nitrogens with two attached hydrogens (primary N) is 1. The third-order valence-corrected chi connectivity index (χ3v) is 7.00. The van der Waals surface area contributed by atoms with E-state index in [2.05, 4.69) is 32.4 Å². The van der Waals surface area contributed by atoms with Gasteiger partial charge in [-0.2, -0.15) is 13.2 Å². The van der Waals surface area contributed by atoms with Crippen LogP contribution in [0.3, 0.4) is 0 Å². The van der Waals surface area contributed by atoms with Crippen LogP contribution in [0.1, 0.15) is 53.5 Å². The van der Waals surface area contributed by atoms with Crippen LogP contribution in [-0.2, 0) is 24.4 Å². The summed E-state index contributed by atoms with van der Waals surface area (Å²) in [6.07, 6.45) is -3.33. The molecule has 4 aromatic rings. The standard InChI is InChI=1S/C33H30F3N7O4/c1-32(2,3)47-31(46)43-15-14-25-24(28(43)44)17-26(42(25)4)27-20(18-38-29(37)41-27)9-8-19-6-5-7-23(16-19)40-30(45)39-22-12-10-21(11-13-22)33(34,35)36/h5-7,10-13,16-18H,14-15H2,1-4H3,(H2,37,38,41)(H2,39,40,45). The van der Waals surface area contributed by atoms with E-state index in [9.17, 15) is 27.6 Å². The number of benzene rings is 2. The number of hydrogen-bond acceptors (Lipinski definition) is 7. The highest BCUT2D eigenvalue weighted by atomic mass is 19.4. The average Bonchev–Trinajstić information content (AvgIpc) is 3.32. The Balaban J connectivity index is 1.36. The summed E-state index contributed by atoms with van der Waals surface area (Å²) in [6.45, 7) is 5.33. The molecule has 2 aromatic heterocycles. The van der Waals surface area contributed by atoms with Crippen molar-refractivity contribution in [1.29, 1.82) is 0 Å².